The second-order valence-electron chi connectivity index (χ2n) is 1.98. The Morgan fingerprint density at radius 2 is 2.18 bits per heavy atom. The lowest BCUT2D eigenvalue weighted by Gasteiger charge is -2.10. The number of rotatable bonds is 4. The van der Waals surface area contributed by atoms with Gasteiger partial charge in [0.05, 0.1) is 12.3 Å². The van der Waals surface area contributed by atoms with Gasteiger partial charge in [-0.1, -0.05) is 0 Å². The number of esters is 1. The summed E-state index contributed by atoms with van der Waals surface area (Å²) in [5, 5.41) is 8.28. The van der Waals surface area contributed by atoms with Gasteiger partial charge in [0.15, 0.2) is 0 Å². The molecular weight excluding hydrogens is 172 g/mol. The van der Waals surface area contributed by atoms with E-state index in [9.17, 15) is 9.59 Å². The van der Waals surface area contributed by atoms with Crippen LogP contribution in [0.2, 0.25) is 0 Å². The van der Waals surface area contributed by atoms with Gasteiger partial charge < -0.3 is 9.84 Å². The summed E-state index contributed by atoms with van der Waals surface area (Å²) < 4.78 is 4.56. The molecule has 0 aromatic carbocycles. The molecule has 0 rings (SSSR count). The van der Waals surface area contributed by atoms with Crippen molar-refractivity contribution < 1.29 is 19.4 Å². The average Bonchev–Trinajstić information content (AvgIpc) is 1.84. The molecule has 0 bridgehead atoms. The molecule has 0 radical (unpaired) electrons. The second kappa shape index (κ2) is 4.96. The summed E-state index contributed by atoms with van der Waals surface area (Å²) in [5.41, 5.74) is 0. The van der Waals surface area contributed by atoms with Gasteiger partial charge in [-0.05, 0) is 0 Å². The van der Waals surface area contributed by atoms with Crippen LogP contribution in [0.1, 0.15) is 13.3 Å². The smallest absolute Gasteiger partial charge is 0.307 e. The largest absolute Gasteiger partial charge is 0.481 e. The third kappa shape index (κ3) is 5.66. The minimum absolute atomic E-state index is 0.00583. The van der Waals surface area contributed by atoms with Gasteiger partial charge in [0.1, 0.15) is 6.10 Å². The molecule has 0 saturated carbocycles. The summed E-state index contributed by atoms with van der Waals surface area (Å²) >= 11 is 5.32. The number of carboxylic acids is 1. The van der Waals surface area contributed by atoms with Crippen molar-refractivity contribution in [3.63, 3.8) is 0 Å². The van der Waals surface area contributed by atoms with Crippen molar-refractivity contribution >= 4 is 23.5 Å². The number of ether oxygens (including phenoxy) is 1. The Kier molecular flexibility index (Phi) is 4.61. The molecular formula is C6H9ClO4. The number of alkyl halides is 1. The van der Waals surface area contributed by atoms with Gasteiger partial charge in [-0.15, -0.1) is 11.6 Å². The molecule has 1 N–H and O–H groups in total. The van der Waals surface area contributed by atoms with Crippen molar-refractivity contribution in [2.24, 2.45) is 0 Å². The number of carbonyl (C=O) groups is 2. The molecule has 64 valence electrons. The molecule has 0 saturated heterocycles. The van der Waals surface area contributed by atoms with Crippen molar-refractivity contribution in [2.75, 3.05) is 5.88 Å². The van der Waals surface area contributed by atoms with Gasteiger partial charge in [-0.25, -0.2) is 0 Å². The van der Waals surface area contributed by atoms with Gasteiger partial charge in [0.25, 0.3) is 0 Å². The van der Waals surface area contributed by atoms with E-state index < -0.39 is 18.0 Å². The topological polar surface area (TPSA) is 63.6 Å². The minimum atomic E-state index is -1.03. The third-order valence-corrected chi connectivity index (χ3v) is 1.25. The van der Waals surface area contributed by atoms with E-state index in [1.54, 1.807) is 0 Å². The number of carbonyl (C=O) groups excluding carboxylic acids is 1. The highest BCUT2D eigenvalue weighted by Gasteiger charge is 2.14. The first-order chi connectivity index (χ1) is 5.06. The second-order valence-corrected chi connectivity index (χ2v) is 2.29. The first-order valence-corrected chi connectivity index (χ1v) is 3.54. The summed E-state index contributed by atoms with van der Waals surface area (Å²) in [6, 6.07) is 0. The SMILES string of the molecule is CC(=O)OC(CCl)CC(=O)O. The van der Waals surface area contributed by atoms with Gasteiger partial charge in [-0.3, -0.25) is 9.59 Å². The van der Waals surface area contributed by atoms with E-state index in [1.807, 2.05) is 0 Å². The molecule has 0 aliphatic carbocycles. The maximum absolute atomic E-state index is 10.3. The average molecular weight is 181 g/mol. The standard InChI is InChI=1S/C6H9ClO4/c1-4(8)11-5(3-7)2-6(9)10/h5H,2-3H2,1H3,(H,9,10). The number of hydrogen-bond donors (Lipinski definition) is 1. The van der Waals surface area contributed by atoms with E-state index in [1.165, 1.54) is 6.92 Å². The Morgan fingerprint density at radius 1 is 1.64 bits per heavy atom. The van der Waals surface area contributed by atoms with Crippen molar-refractivity contribution in [2.45, 2.75) is 19.4 Å². The predicted octanol–water partition coefficient (Wildman–Crippen LogP) is 0.632. The zero-order valence-electron chi connectivity index (χ0n) is 6.04. The molecule has 0 aliphatic heterocycles. The number of halogens is 1. The molecule has 1 atom stereocenters. The molecule has 0 aromatic rings. The Hall–Kier alpha value is -0.770. The number of hydrogen-bond acceptors (Lipinski definition) is 3. The normalized spacial score (nSPS) is 12.2. The fourth-order valence-corrected chi connectivity index (χ4v) is 0.729. The molecule has 11 heavy (non-hydrogen) atoms. The van der Waals surface area contributed by atoms with Crippen LogP contribution in [0.25, 0.3) is 0 Å². The Labute approximate surface area is 69.1 Å². The van der Waals surface area contributed by atoms with Gasteiger partial charge >= 0.3 is 11.9 Å². The van der Waals surface area contributed by atoms with Crippen molar-refractivity contribution in [1.82, 2.24) is 0 Å². The fourth-order valence-electron chi connectivity index (χ4n) is 0.557. The van der Waals surface area contributed by atoms with Crippen LogP contribution in [-0.4, -0.2) is 29.0 Å². The Balaban J connectivity index is 3.76. The summed E-state index contributed by atoms with van der Waals surface area (Å²) in [4.78, 5) is 20.4. The highest BCUT2D eigenvalue weighted by atomic mass is 35.5. The molecule has 0 amide bonds. The van der Waals surface area contributed by atoms with Crippen LogP contribution in [0, 0.1) is 0 Å². The first kappa shape index (κ1) is 10.2. The van der Waals surface area contributed by atoms with Crippen LogP contribution in [0.3, 0.4) is 0 Å². The number of carboxylic acid groups (broad SMARTS) is 1. The Morgan fingerprint density at radius 3 is 2.45 bits per heavy atom. The fraction of sp³-hybridized carbons (Fsp3) is 0.667. The van der Waals surface area contributed by atoms with E-state index in [0.29, 0.717) is 0 Å². The van der Waals surface area contributed by atoms with Crippen molar-refractivity contribution in [3.8, 4) is 0 Å². The summed E-state index contributed by atoms with van der Waals surface area (Å²) in [6.45, 7) is 1.21. The first-order valence-electron chi connectivity index (χ1n) is 3.01. The maximum atomic E-state index is 10.3. The molecule has 0 fully saturated rings. The zero-order valence-corrected chi connectivity index (χ0v) is 6.80. The highest BCUT2D eigenvalue weighted by molar-refractivity contribution is 6.18. The van der Waals surface area contributed by atoms with Crippen LogP contribution < -0.4 is 0 Å². The Bertz CT molecular complexity index is 141. The van der Waals surface area contributed by atoms with Gasteiger partial charge in [0, 0.05) is 6.92 Å². The molecule has 0 heterocycles. The lowest BCUT2D eigenvalue weighted by molar-refractivity contribution is -0.149. The van der Waals surface area contributed by atoms with Gasteiger partial charge in [-0.2, -0.15) is 0 Å². The highest BCUT2D eigenvalue weighted by Crippen LogP contribution is 2.01. The molecule has 0 spiro atoms. The van der Waals surface area contributed by atoms with Crippen molar-refractivity contribution in [1.29, 1.82) is 0 Å². The monoisotopic (exact) mass is 180 g/mol. The zero-order chi connectivity index (χ0) is 8.85. The van der Waals surface area contributed by atoms with E-state index in [2.05, 4.69) is 4.74 Å². The summed E-state index contributed by atoms with van der Waals surface area (Å²) in [7, 11) is 0. The van der Waals surface area contributed by atoms with E-state index >= 15 is 0 Å². The minimum Gasteiger partial charge on any atom is -0.481 e. The quantitative estimate of drug-likeness (QED) is 0.509. The number of aliphatic carboxylic acids is 1. The summed E-state index contributed by atoms with van der Waals surface area (Å²) in [6.07, 6.45) is -0.963. The molecule has 1 unspecified atom stereocenters. The lowest BCUT2D eigenvalue weighted by atomic mass is 10.3. The predicted molar refractivity (Wildman–Crippen MR) is 38.5 cm³/mol. The van der Waals surface area contributed by atoms with Crippen LogP contribution in [0.15, 0.2) is 0 Å². The molecule has 5 heteroatoms. The van der Waals surface area contributed by atoms with Crippen LogP contribution >= 0.6 is 11.6 Å². The lowest BCUT2D eigenvalue weighted by Crippen LogP contribution is -2.21. The van der Waals surface area contributed by atoms with Crippen LogP contribution in [0.4, 0.5) is 0 Å². The van der Waals surface area contributed by atoms with Crippen molar-refractivity contribution in [3.05, 3.63) is 0 Å². The summed E-state index contributed by atoms with van der Waals surface area (Å²) in [5.74, 6) is -1.54. The van der Waals surface area contributed by atoms with E-state index in [-0.39, 0.29) is 12.3 Å². The molecule has 0 aliphatic rings. The molecule has 4 nitrogen and oxygen atoms in total. The van der Waals surface area contributed by atoms with Gasteiger partial charge in [0.2, 0.25) is 0 Å². The third-order valence-electron chi connectivity index (χ3n) is 0.907. The van der Waals surface area contributed by atoms with Crippen LogP contribution in [0.5, 0.6) is 0 Å². The van der Waals surface area contributed by atoms with E-state index in [0.717, 1.165) is 0 Å². The molecule has 0 aromatic heterocycles. The van der Waals surface area contributed by atoms with E-state index in [4.69, 9.17) is 16.7 Å². The van der Waals surface area contributed by atoms with Crippen LogP contribution in [-0.2, 0) is 14.3 Å². The maximum Gasteiger partial charge on any atom is 0.307 e.